The Bertz CT molecular complexity index is 885. The van der Waals surface area contributed by atoms with Crippen LogP contribution in [-0.4, -0.2) is 34.2 Å². The number of nitrogens with zero attached hydrogens (tertiary/aromatic N) is 3. The standard InChI is InChI=1S/C20H20ClN5O/c21-16-3-6-19(22-13-16)26-11-8-15(9-12-26)20(27)24-17-4-1-14(2-5-17)18-7-10-23-25-18/h1-7,10,13,15H,8-9,11-12H2,(H,23,25)(H,24,27). The normalized spacial score (nSPS) is 14.9. The number of piperidine rings is 1. The molecule has 1 saturated heterocycles. The van der Waals surface area contributed by atoms with E-state index in [9.17, 15) is 4.79 Å². The number of H-pyrrole nitrogens is 1. The zero-order chi connectivity index (χ0) is 18.6. The molecule has 7 heteroatoms. The molecule has 1 fully saturated rings. The third kappa shape index (κ3) is 4.11. The van der Waals surface area contributed by atoms with Gasteiger partial charge in [-0.2, -0.15) is 5.10 Å². The van der Waals surface area contributed by atoms with Crippen molar-refractivity contribution in [2.45, 2.75) is 12.8 Å². The molecule has 27 heavy (non-hydrogen) atoms. The molecule has 2 N–H and O–H groups in total. The van der Waals surface area contributed by atoms with Gasteiger partial charge >= 0.3 is 0 Å². The summed E-state index contributed by atoms with van der Waals surface area (Å²) in [6.45, 7) is 1.62. The van der Waals surface area contributed by atoms with Crippen molar-refractivity contribution in [3.8, 4) is 11.3 Å². The Hall–Kier alpha value is -2.86. The Labute approximate surface area is 162 Å². The van der Waals surface area contributed by atoms with Gasteiger partial charge in [0.2, 0.25) is 5.91 Å². The molecule has 2 aromatic heterocycles. The third-order valence-electron chi connectivity index (χ3n) is 4.87. The molecule has 1 aromatic carbocycles. The highest BCUT2D eigenvalue weighted by atomic mass is 35.5. The Morgan fingerprint density at radius 2 is 1.89 bits per heavy atom. The number of aromatic amines is 1. The van der Waals surface area contributed by atoms with Crippen molar-refractivity contribution >= 4 is 29.0 Å². The highest BCUT2D eigenvalue weighted by molar-refractivity contribution is 6.30. The fraction of sp³-hybridized carbons (Fsp3) is 0.250. The van der Waals surface area contributed by atoms with Gasteiger partial charge in [0.1, 0.15) is 5.82 Å². The Kier molecular flexibility index (Phi) is 5.07. The molecule has 0 spiro atoms. The minimum atomic E-state index is 0.0147. The average molecular weight is 382 g/mol. The largest absolute Gasteiger partial charge is 0.357 e. The zero-order valence-corrected chi connectivity index (χ0v) is 15.5. The van der Waals surface area contributed by atoms with Gasteiger partial charge in [0.15, 0.2) is 0 Å². The van der Waals surface area contributed by atoms with Crippen LogP contribution in [-0.2, 0) is 4.79 Å². The molecule has 3 heterocycles. The second-order valence-corrected chi connectivity index (χ2v) is 7.07. The first kappa shape index (κ1) is 17.5. The fourth-order valence-corrected chi connectivity index (χ4v) is 3.43. The van der Waals surface area contributed by atoms with E-state index in [1.165, 1.54) is 0 Å². The maximum atomic E-state index is 12.6. The molecule has 0 aliphatic carbocycles. The molecule has 6 nitrogen and oxygen atoms in total. The molecule has 1 amide bonds. The maximum absolute atomic E-state index is 12.6. The van der Waals surface area contributed by atoms with Gasteiger partial charge in [0.05, 0.1) is 10.7 Å². The quantitative estimate of drug-likeness (QED) is 0.716. The number of carbonyl (C=O) groups excluding carboxylic acids is 1. The van der Waals surface area contributed by atoms with E-state index < -0.39 is 0 Å². The summed E-state index contributed by atoms with van der Waals surface area (Å²) >= 11 is 5.89. The van der Waals surface area contributed by atoms with E-state index >= 15 is 0 Å². The van der Waals surface area contributed by atoms with E-state index in [0.717, 1.165) is 48.7 Å². The minimum absolute atomic E-state index is 0.0147. The van der Waals surface area contributed by atoms with E-state index in [-0.39, 0.29) is 11.8 Å². The monoisotopic (exact) mass is 381 g/mol. The van der Waals surface area contributed by atoms with Crippen molar-refractivity contribution in [3.05, 3.63) is 59.9 Å². The summed E-state index contributed by atoms with van der Waals surface area (Å²) in [7, 11) is 0. The summed E-state index contributed by atoms with van der Waals surface area (Å²) in [5.41, 5.74) is 2.80. The van der Waals surface area contributed by atoms with E-state index in [4.69, 9.17) is 11.6 Å². The van der Waals surface area contributed by atoms with Gasteiger partial charge in [0.25, 0.3) is 0 Å². The molecular formula is C20H20ClN5O. The third-order valence-corrected chi connectivity index (χ3v) is 5.09. The number of hydrogen-bond acceptors (Lipinski definition) is 4. The number of amides is 1. The first-order chi connectivity index (χ1) is 13.2. The lowest BCUT2D eigenvalue weighted by atomic mass is 9.95. The number of rotatable bonds is 4. The van der Waals surface area contributed by atoms with Crippen LogP contribution in [0.4, 0.5) is 11.5 Å². The summed E-state index contributed by atoms with van der Waals surface area (Å²) in [5, 5.41) is 10.5. The molecule has 0 atom stereocenters. The molecule has 0 unspecified atom stereocenters. The van der Waals surface area contributed by atoms with Gasteiger partial charge in [-0.3, -0.25) is 9.89 Å². The first-order valence-corrected chi connectivity index (χ1v) is 9.34. The van der Waals surface area contributed by atoms with Gasteiger partial charge in [-0.15, -0.1) is 0 Å². The summed E-state index contributed by atoms with van der Waals surface area (Å²) in [6, 6.07) is 13.5. The van der Waals surface area contributed by atoms with Crippen LogP contribution in [0.3, 0.4) is 0 Å². The number of aromatic nitrogens is 3. The predicted molar refractivity (Wildman–Crippen MR) is 107 cm³/mol. The van der Waals surface area contributed by atoms with Crippen LogP contribution in [0.5, 0.6) is 0 Å². The summed E-state index contributed by atoms with van der Waals surface area (Å²) in [6.07, 6.45) is 4.99. The lowest BCUT2D eigenvalue weighted by Crippen LogP contribution is -2.38. The molecule has 0 saturated carbocycles. The van der Waals surface area contributed by atoms with E-state index in [2.05, 4.69) is 25.4 Å². The number of carbonyl (C=O) groups is 1. The van der Waals surface area contributed by atoms with E-state index in [0.29, 0.717) is 5.02 Å². The molecule has 138 valence electrons. The highest BCUT2D eigenvalue weighted by Crippen LogP contribution is 2.24. The highest BCUT2D eigenvalue weighted by Gasteiger charge is 2.25. The van der Waals surface area contributed by atoms with Crippen molar-refractivity contribution in [1.29, 1.82) is 0 Å². The van der Waals surface area contributed by atoms with E-state index in [1.807, 2.05) is 42.5 Å². The number of pyridine rings is 1. The van der Waals surface area contributed by atoms with Gasteiger partial charge in [-0.05, 0) is 48.7 Å². The van der Waals surface area contributed by atoms with Crippen molar-refractivity contribution in [2.24, 2.45) is 5.92 Å². The van der Waals surface area contributed by atoms with E-state index in [1.54, 1.807) is 12.4 Å². The van der Waals surface area contributed by atoms with Gasteiger partial charge in [-0.1, -0.05) is 23.7 Å². The second-order valence-electron chi connectivity index (χ2n) is 6.63. The second kappa shape index (κ2) is 7.80. The molecule has 1 aliphatic heterocycles. The lowest BCUT2D eigenvalue weighted by molar-refractivity contribution is -0.120. The molecule has 3 aromatic rings. The van der Waals surface area contributed by atoms with Crippen LogP contribution in [0.15, 0.2) is 54.9 Å². The van der Waals surface area contributed by atoms with Crippen LogP contribution >= 0.6 is 11.6 Å². The molecule has 1 aliphatic rings. The van der Waals surface area contributed by atoms with Crippen LogP contribution in [0.25, 0.3) is 11.3 Å². The number of anilines is 2. The SMILES string of the molecule is O=C(Nc1ccc(-c2ccn[nH]2)cc1)C1CCN(c2ccc(Cl)cn2)CC1. The average Bonchev–Trinajstić information content (AvgIpc) is 3.24. The van der Waals surface area contributed by atoms with Crippen LogP contribution in [0.2, 0.25) is 5.02 Å². The predicted octanol–water partition coefficient (Wildman–Crippen LogP) is 3.98. The first-order valence-electron chi connectivity index (χ1n) is 8.96. The number of nitrogens with one attached hydrogen (secondary N) is 2. The Balaban J connectivity index is 1.32. The Morgan fingerprint density at radius 1 is 1.11 bits per heavy atom. The smallest absolute Gasteiger partial charge is 0.227 e. The van der Waals surface area contributed by atoms with Crippen LogP contribution in [0.1, 0.15) is 12.8 Å². The van der Waals surface area contributed by atoms with Crippen molar-refractivity contribution in [3.63, 3.8) is 0 Å². The lowest BCUT2D eigenvalue weighted by Gasteiger charge is -2.32. The van der Waals surface area contributed by atoms with Crippen molar-refractivity contribution < 1.29 is 4.79 Å². The maximum Gasteiger partial charge on any atom is 0.227 e. The van der Waals surface area contributed by atoms with Crippen LogP contribution < -0.4 is 10.2 Å². The molecule has 0 bridgehead atoms. The zero-order valence-electron chi connectivity index (χ0n) is 14.7. The Morgan fingerprint density at radius 3 is 2.52 bits per heavy atom. The fourth-order valence-electron chi connectivity index (χ4n) is 3.32. The number of hydrogen-bond donors (Lipinski definition) is 2. The van der Waals surface area contributed by atoms with Crippen molar-refractivity contribution in [1.82, 2.24) is 15.2 Å². The van der Waals surface area contributed by atoms with Crippen LogP contribution in [0, 0.1) is 5.92 Å². The minimum Gasteiger partial charge on any atom is -0.357 e. The van der Waals surface area contributed by atoms with Gasteiger partial charge < -0.3 is 10.2 Å². The number of benzene rings is 1. The van der Waals surface area contributed by atoms with Gasteiger partial charge in [-0.25, -0.2) is 4.98 Å². The van der Waals surface area contributed by atoms with Gasteiger partial charge in [0, 0.05) is 37.1 Å². The summed E-state index contributed by atoms with van der Waals surface area (Å²) in [5.74, 6) is 1.00. The molecule has 4 rings (SSSR count). The summed E-state index contributed by atoms with van der Waals surface area (Å²) in [4.78, 5) is 19.1. The number of halogens is 1. The topological polar surface area (TPSA) is 73.9 Å². The van der Waals surface area contributed by atoms with Crippen molar-refractivity contribution in [2.75, 3.05) is 23.3 Å². The molecule has 0 radical (unpaired) electrons. The molecular weight excluding hydrogens is 362 g/mol. The summed E-state index contributed by atoms with van der Waals surface area (Å²) < 4.78 is 0.